The Balaban J connectivity index is 2.08. The molecule has 1 N–H and O–H groups in total. The molecule has 0 amide bonds. The Bertz CT molecular complexity index is 764. The Morgan fingerprint density at radius 2 is 1.96 bits per heavy atom. The molecule has 1 heterocycles. The van der Waals surface area contributed by atoms with Gasteiger partial charge in [0.05, 0.1) is 13.2 Å². The zero-order valence-electron chi connectivity index (χ0n) is 13.8. The third kappa shape index (κ3) is 3.76. The first-order valence-electron chi connectivity index (χ1n) is 8.08. The minimum Gasteiger partial charge on any atom is -0.497 e. The van der Waals surface area contributed by atoms with E-state index in [2.05, 4.69) is 0 Å². The van der Waals surface area contributed by atoms with Crippen molar-refractivity contribution in [1.29, 1.82) is 0 Å². The Labute approximate surface area is 156 Å². The molecule has 0 bridgehead atoms. The quantitative estimate of drug-likeness (QED) is 0.821. The van der Waals surface area contributed by atoms with Crippen LogP contribution in [0.4, 0.5) is 0 Å². The van der Waals surface area contributed by atoms with Crippen molar-refractivity contribution in [3.05, 3.63) is 63.6 Å². The Hall–Kier alpha value is -1.75. The first-order valence-corrected chi connectivity index (χ1v) is 8.84. The van der Waals surface area contributed by atoms with Gasteiger partial charge in [0.15, 0.2) is 0 Å². The zero-order valence-corrected chi connectivity index (χ0v) is 15.3. The summed E-state index contributed by atoms with van der Waals surface area (Å²) >= 11 is 12.5. The molecule has 2 aromatic carbocycles. The van der Waals surface area contributed by atoms with Crippen LogP contribution < -0.4 is 4.74 Å². The fraction of sp³-hybridized carbons (Fsp3) is 0.316. The van der Waals surface area contributed by atoms with Gasteiger partial charge < -0.3 is 9.84 Å². The molecule has 0 aromatic heterocycles. The van der Waals surface area contributed by atoms with Gasteiger partial charge in [-0.1, -0.05) is 41.4 Å². The molecule has 0 saturated carbocycles. The highest BCUT2D eigenvalue weighted by Crippen LogP contribution is 2.39. The number of halogens is 2. The van der Waals surface area contributed by atoms with E-state index in [-0.39, 0.29) is 6.04 Å². The molecule has 6 heteroatoms. The lowest BCUT2D eigenvalue weighted by atomic mass is 9.96. The zero-order chi connectivity index (χ0) is 18.0. The maximum absolute atomic E-state index is 11.7. The van der Waals surface area contributed by atoms with Gasteiger partial charge in [0.2, 0.25) is 0 Å². The first-order chi connectivity index (χ1) is 12.0. The molecule has 1 fully saturated rings. The lowest BCUT2D eigenvalue weighted by Crippen LogP contribution is -2.39. The predicted molar refractivity (Wildman–Crippen MR) is 98.7 cm³/mol. The van der Waals surface area contributed by atoms with Gasteiger partial charge in [0.25, 0.3) is 0 Å². The molecule has 3 rings (SSSR count). The van der Waals surface area contributed by atoms with Crippen molar-refractivity contribution in [3.8, 4) is 5.75 Å². The van der Waals surface area contributed by atoms with Crippen LogP contribution in [0.15, 0.2) is 42.5 Å². The maximum Gasteiger partial charge on any atom is 0.320 e. The molecule has 1 saturated heterocycles. The minimum atomic E-state index is -0.805. The predicted octanol–water partition coefficient (Wildman–Crippen LogP) is 4.64. The number of likely N-dealkylation sites (tertiary alicyclic amines) is 1. The van der Waals surface area contributed by atoms with Gasteiger partial charge in [-0.15, -0.1) is 0 Å². The number of rotatable bonds is 5. The number of nitrogens with zero attached hydrogens (tertiary/aromatic N) is 1. The van der Waals surface area contributed by atoms with Crippen molar-refractivity contribution in [2.45, 2.75) is 24.9 Å². The molecular weight excluding hydrogens is 361 g/mol. The normalized spacial score (nSPS) is 18.9. The van der Waals surface area contributed by atoms with Crippen molar-refractivity contribution in [2.75, 3.05) is 13.7 Å². The number of carboxylic acids is 1. The summed E-state index contributed by atoms with van der Waals surface area (Å²) in [6.45, 7) is 0.701. The SMILES string of the molecule is COc1ccc(C(c2ccc(Cl)cc2Cl)N2CCCC2C(=O)O)cc1. The van der Waals surface area contributed by atoms with Gasteiger partial charge in [-0.25, -0.2) is 0 Å². The summed E-state index contributed by atoms with van der Waals surface area (Å²) in [6, 6.07) is 12.2. The molecular formula is C19H19Cl2NO3. The molecule has 0 aliphatic carbocycles. The molecule has 1 aliphatic heterocycles. The molecule has 4 nitrogen and oxygen atoms in total. The average molecular weight is 380 g/mol. The van der Waals surface area contributed by atoms with E-state index in [1.54, 1.807) is 19.2 Å². The molecule has 25 heavy (non-hydrogen) atoms. The van der Waals surface area contributed by atoms with Crippen LogP contribution in [0.2, 0.25) is 10.0 Å². The molecule has 1 aliphatic rings. The Morgan fingerprint density at radius 3 is 2.56 bits per heavy atom. The number of benzene rings is 2. The number of aliphatic carboxylic acids is 1. The lowest BCUT2D eigenvalue weighted by molar-refractivity contribution is -0.142. The molecule has 2 aromatic rings. The third-order valence-electron chi connectivity index (χ3n) is 4.60. The van der Waals surface area contributed by atoms with E-state index in [9.17, 15) is 9.90 Å². The van der Waals surface area contributed by atoms with E-state index in [4.69, 9.17) is 27.9 Å². The second kappa shape index (κ2) is 7.65. The summed E-state index contributed by atoms with van der Waals surface area (Å²) in [5.41, 5.74) is 1.82. The standard InChI is InChI=1S/C19H19Cl2NO3/c1-25-14-7-4-12(5-8-14)18(15-9-6-13(20)11-16(15)21)22-10-2-3-17(22)19(23)24/h4-9,11,17-18H,2-3,10H2,1H3,(H,23,24). The largest absolute Gasteiger partial charge is 0.497 e. The van der Waals surface area contributed by atoms with Crippen molar-refractivity contribution in [3.63, 3.8) is 0 Å². The summed E-state index contributed by atoms with van der Waals surface area (Å²) < 4.78 is 5.23. The highest BCUT2D eigenvalue weighted by atomic mass is 35.5. The van der Waals surface area contributed by atoms with E-state index in [0.717, 1.165) is 23.3 Å². The third-order valence-corrected chi connectivity index (χ3v) is 5.16. The van der Waals surface area contributed by atoms with E-state index >= 15 is 0 Å². The molecule has 2 unspecified atom stereocenters. The second-order valence-corrected chi connectivity index (χ2v) is 6.92. The summed E-state index contributed by atoms with van der Waals surface area (Å²) in [5, 5.41) is 10.7. The number of hydrogen-bond acceptors (Lipinski definition) is 3. The molecule has 0 radical (unpaired) electrons. The topological polar surface area (TPSA) is 49.8 Å². The molecule has 132 valence electrons. The van der Waals surface area contributed by atoms with E-state index < -0.39 is 12.0 Å². The number of carbonyl (C=O) groups is 1. The van der Waals surface area contributed by atoms with Crippen LogP contribution in [0, 0.1) is 0 Å². The highest BCUT2D eigenvalue weighted by Gasteiger charge is 2.37. The fourth-order valence-electron chi connectivity index (χ4n) is 3.42. The Kier molecular flexibility index (Phi) is 5.52. The molecule has 0 spiro atoms. The van der Waals surface area contributed by atoms with Gasteiger partial charge in [0, 0.05) is 16.6 Å². The van der Waals surface area contributed by atoms with E-state index in [1.165, 1.54) is 0 Å². The Morgan fingerprint density at radius 1 is 1.24 bits per heavy atom. The van der Waals surface area contributed by atoms with Crippen LogP contribution in [0.1, 0.15) is 30.0 Å². The minimum absolute atomic E-state index is 0.251. The summed E-state index contributed by atoms with van der Waals surface area (Å²) in [6.07, 6.45) is 1.47. The van der Waals surface area contributed by atoms with Crippen LogP contribution in [0.3, 0.4) is 0 Å². The van der Waals surface area contributed by atoms with E-state index in [0.29, 0.717) is 23.0 Å². The van der Waals surface area contributed by atoms with Crippen LogP contribution in [-0.4, -0.2) is 35.7 Å². The van der Waals surface area contributed by atoms with Crippen molar-refractivity contribution >= 4 is 29.2 Å². The summed E-state index contributed by atoms with van der Waals surface area (Å²) in [4.78, 5) is 13.7. The van der Waals surface area contributed by atoms with Gasteiger partial charge >= 0.3 is 5.97 Å². The van der Waals surface area contributed by atoms with Crippen LogP contribution >= 0.6 is 23.2 Å². The highest BCUT2D eigenvalue weighted by molar-refractivity contribution is 6.35. The monoisotopic (exact) mass is 379 g/mol. The maximum atomic E-state index is 11.7. The number of ether oxygens (including phenoxy) is 1. The second-order valence-electron chi connectivity index (χ2n) is 6.08. The summed E-state index contributed by atoms with van der Waals surface area (Å²) in [7, 11) is 1.61. The number of methoxy groups -OCH3 is 1. The van der Waals surface area contributed by atoms with Crippen molar-refractivity contribution < 1.29 is 14.6 Å². The smallest absolute Gasteiger partial charge is 0.320 e. The average Bonchev–Trinajstić information content (AvgIpc) is 3.07. The van der Waals surface area contributed by atoms with Crippen LogP contribution in [0.5, 0.6) is 5.75 Å². The van der Waals surface area contributed by atoms with Crippen LogP contribution in [0.25, 0.3) is 0 Å². The number of hydrogen-bond donors (Lipinski definition) is 1. The van der Waals surface area contributed by atoms with Crippen molar-refractivity contribution in [1.82, 2.24) is 4.90 Å². The van der Waals surface area contributed by atoms with Gasteiger partial charge in [-0.05, 0) is 48.2 Å². The van der Waals surface area contributed by atoms with E-state index in [1.807, 2.05) is 35.2 Å². The fourth-order valence-corrected chi connectivity index (χ4v) is 3.93. The lowest BCUT2D eigenvalue weighted by Gasteiger charge is -2.32. The first kappa shape index (κ1) is 18.1. The summed E-state index contributed by atoms with van der Waals surface area (Å²) in [5.74, 6) is -0.0537. The van der Waals surface area contributed by atoms with Gasteiger partial charge in [-0.3, -0.25) is 9.69 Å². The number of carboxylic acid groups (broad SMARTS) is 1. The van der Waals surface area contributed by atoms with Gasteiger partial charge in [0.1, 0.15) is 11.8 Å². The van der Waals surface area contributed by atoms with Crippen molar-refractivity contribution in [2.24, 2.45) is 0 Å². The van der Waals surface area contributed by atoms with Crippen LogP contribution in [-0.2, 0) is 4.79 Å². The van der Waals surface area contributed by atoms with Gasteiger partial charge in [-0.2, -0.15) is 0 Å². The molecule has 2 atom stereocenters.